The number of nitrogens with one attached hydrogen (secondary N) is 1. The predicted molar refractivity (Wildman–Crippen MR) is 74.9 cm³/mol. The molecule has 7 heteroatoms. The minimum absolute atomic E-state index is 0.396. The average molecular weight is 267 g/mol. The zero-order chi connectivity index (χ0) is 13.2. The molecule has 0 aliphatic rings. The van der Waals surface area contributed by atoms with Crippen molar-refractivity contribution < 1.29 is 5.11 Å². The van der Waals surface area contributed by atoms with Gasteiger partial charge in [-0.15, -0.1) is 0 Å². The van der Waals surface area contributed by atoms with E-state index in [1.54, 1.807) is 41.7 Å². The number of aliphatic hydroxyl groups is 1. The third kappa shape index (κ3) is 2.85. The molecule has 0 bridgehead atoms. The number of thioether (sulfide) groups is 1. The van der Waals surface area contributed by atoms with E-state index in [-0.39, 0.29) is 0 Å². The molecule has 0 aliphatic carbocycles. The number of nitrogens with two attached hydrogens (primary N) is 1. The normalized spacial score (nSPS) is 14.6. The zero-order valence-corrected chi connectivity index (χ0v) is 11.2. The summed E-state index contributed by atoms with van der Waals surface area (Å²) in [7, 11) is 0. The molecule has 2 aromatic rings. The number of hydrogen-bond acceptors (Lipinski definition) is 6. The Bertz CT molecular complexity index is 539. The van der Waals surface area contributed by atoms with Crippen LogP contribution in [0.1, 0.15) is 6.92 Å². The number of anilines is 2. The fraction of sp³-hybridized carbons (Fsp3) is 0.455. The quantitative estimate of drug-likeness (QED) is 0.744. The van der Waals surface area contributed by atoms with E-state index in [2.05, 4.69) is 15.3 Å². The lowest BCUT2D eigenvalue weighted by Gasteiger charge is -2.22. The highest BCUT2D eigenvalue weighted by Crippen LogP contribution is 2.17. The van der Waals surface area contributed by atoms with Gasteiger partial charge in [-0.25, -0.2) is 9.97 Å². The van der Waals surface area contributed by atoms with Crippen LogP contribution in [0.5, 0.6) is 0 Å². The maximum absolute atomic E-state index is 10.1. The number of nitrogens with zero attached hydrogens (tertiary/aromatic N) is 3. The molecule has 0 radical (unpaired) electrons. The SMILES string of the molecule is CSCC(C)(O)CNc1nc(N)cn2ccnc12. The molecule has 6 nitrogen and oxygen atoms in total. The van der Waals surface area contributed by atoms with Crippen LogP contribution >= 0.6 is 11.8 Å². The zero-order valence-electron chi connectivity index (χ0n) is 10.4. The summed E-state index contributed by atoms with van der Waals surface area (Å²) in [5.74, 6) is 1.64. The Kier molecular flexibility index (Phi) is 3.63. The lowest BCUT2D eigenvalue weighted by atomic mass is 10.1. The smallest absolute Gasteiger partial charge is 0.180 e. The van der Waals surface area contributed by atoms with Crippen LogP contribution in [-0.4, -0.2) is 43.6 Å². The van der Waals surface area contributed by atoms with Gasteiger partial charge in [0.25, 0.3) is 0 Å². The van der Waals surface area contributed by atoms with E-state index in [0.29, 0.717) is 29.6 Å². The van der Waals surface area contributed by atoms with E-state index in [4.69, 9.17) is 5.73 Å². The van der Waals surface area contributed by atoms with Gasteiger partial charge in [0.1, 0.15) is 5.82 Å². The minimum Gasteiger partial charge on any atom is -0.387 e. The van der Waals surface area contributed by atoms with E-state index in [1.165, 1.54) is 0 Å². The molecule has 2 heterocycles. The van der Waals surface area contributed by atoms with Crippen LogP contribution in [0.25, 0.3) is 5.65 Å². The first-order valence-electron chi connectivity index (χ1n) is 5.56. The fourth-order valence-corrected chi connectivity index (χ4v) is 2.43. The largest absolute Gasteiger partial charge is 0.387 e. The van der Waals surface area contributed by atoms with Crippen LogP contribution in [0.2, 0.25) is 0 Å². The summed E-state index contributed by atoms with van der Waals surface area (Å²) in [5.41, 5.74) is 5.62. The number of nitrogen functional groups attached to an aromatic ring is 1. The van der Waals surface area contributed by atoms with Crippen LogP contribution in [-0.2, 0) is 0 Å². The average Bonchev–Trinajstić information content (AvgIpc) is 2.73. The molecule has 0 saturated heterocycles. The summed E-state index contributed by atoms with van der Waals surface area (Å²) in [4.78, 5) is 8.40. The van der Waals surface area contributed by atoms with Crippen LogP contribution < -0.4 is 11.1 Å². The fourth-order valence-electron chi connectivity index (χ4n) is 1.71. The van der Waals surface area contributed by atoms with E-state index in [1.807, 2.05) is 6.26 Å². The summed E-state index contributed by atoms with van der Waals surface area (Å²) in [6.07, 6.45) is 7.15. The summed E-state index contributed by atoms with van der Waals surface area (Å²) in [6.45, 7) is 2.18. The topological polar surface area (TPSA) is 88.5 Å². The molecule has 2 rings (SSSR count). The molecule has 0 spiro atoms. The highest BCUT2D eigenvalue weighted by atomic mass is 32.2. The number of aromatic nitrogens is 3. The molecule has 1 unspecified atom stereocenters. The van der Waals surface area contributed by atoms with Crippen LogP contribution in [0.15, 0.2) is 18.6 Å². The van der Waals surface area contributed by atoms with Gasteiger partial charge in [-0.1, -0.05) is 0 Å². The molecule has 0 amide bonds. The van der Waals surface area contributed by atoms with E-state index in [0.717, 1.165) is 0 Å². The predicted octanol–water partition coefficient (Wildman–Crippen LogP) is 0.837. The van der Waals surface area contributed by atoms with E-state index < -0.39 is 5.60 Å². The van der Waals surface area contributed by atoms with Crippen molar-refractivity contribution in [3.8, 4) is 0 Å². The monoisotopic (exact) mass is 267 g/mol. The summed E-state index contributed by atoms with van der Waals surface area (Å²) >= 11 is 1.60. The van der Waals surface area contributed by atoms with Gasteiger partial charge in [-0.05, 0) is 13.2 Å². The van der Waals surface area contributed by atoms with Crippen molar-refractivity contribution in [2.24, 2.45) is 0 Å². The first-order chi connectivity index (χ1) is 8.52. The van der Waals surface area contributed by atoms with Gasteiger partial charge in [-0.3, -0.25) is 0 Å². The molecule has 18 heavy (non-hydrogen) atoms. The van der Waals surface area contributed by atoms with Crippen LogP contribution in [0.4, 0.5) is 11.6 Å². The van der Waals surface area contributed by atoms with Gasteiger partial charge >= 0.3 is 0 Å². The Hall–Kier alpha value is -1.47. The number of fused-ring (bicyclic) bond motifs is 1. The highest BCUT2D eigenvalue weighted by Gasteiger charge is 2.20. The van der Waals surface area contributed by atoms with Crippen molar-refractivity contribution in [3.05, 3.63) is 18.6 Å². The number of imidazole rings is 1. The molecular formula is C11H17N5OS. The van der Waals surface area contributed by atoms with Gasteiger partial charge in [0.05, 0.1) is 11.8 Å². The molecule has 1 atom stereocenters. The number of hydrogen-bond donors (Lipinski definition) is 3. The van der Waals surface area contributed by atoms with Crippen molar-refractivity contribution >= 4 is 29.0 Å². The van der Waals surface area contributed by atoms with Crippen molar-refractivity contribution in [2.75, 3.05) is 29.6 Å². The first-order valence-corrected chi connectivity index (χ1v) is 6.95. The Morgan fingerprint density at radius 3 is 3.11 bits per heavy atom. The lowest BCUT2D eigenvalue weighted by molar-refractivity contribution is 0.0996. The molecule has 98 valence electrons. The van der Waals surface area contributed by atoms with Gasteiger partial charge in [-0.2, -0.15) is 11.8 Å². The van der Waals surface area contributed by atoms with Crippen molar-refractivity contribution in [1.82, 2.24) is 14.4 Å². The van der Waals surface area contributed by atoms with Gasteiger partial charge in [0.2, 0.25) is 0 Å². The molecule has 0 saturated carbocycles. The molecule has 0 aliphatic heterocycles. The first kappa shape index (κ1) is 13.0. The molecule has 4 N–H and O–H groups in total. The van der Waals surface area contributed by atoms with Crippen molar-refractivity contribution in [1.29, 1.82) is 0 Å². The molecular weight excluding hydrogens is 250 g/mol. The maximum Gasteiger partial charge on any atom is 0.180 e. The van der Waals surface area contributed by atoms with Crippen molar-refractivity contribution in [3.63, 3.8) is 0 Å². The van der Waals surface area contributed by atoms with E-state index >= 15 is 0 Å². The third-order valence-electron chi connectivity index (χ3n) is 2.48. The Balaban J connectivity index is 2.19. The molecule has 0 fully saturated rings. The summed E-state index contributed by atoms with van der Waals surface area (Å²) in [6, 6.07) is 0. The Labute approximate surface area is 110 Å². The standard InChI is InChI=1S/C11H17N5OS/c1-11(17,7-18-2)6-14-9-10-13-3-4-16(10)5-8(12)15-9/h3-5,17H,6-7,12H2,1-2H3,(H,14,15). The van der Waals surface area contributed by atoms with E-state index in [9.17, 15) is 5.11 Å². The van der Waals surface area contributed by atoms with Crippen LogP contribution in [0, 0.1) is 0 Å². The maximum atomic E-state index is 10.1. The van der Waals surface area contributed by atoms with Crippen molar-refractivity contribution in [2.45, 2.75) is 12.5 Å². The minimum atomic E-state index is -0.796. The molecule has 0 aromatic carbocycles. The second-order valence-electron chi connectivity index (χ2n) is 4.46. The van der Waals surface area contributed by atoms with Gasteiger partial charge in [0.15, 0.2) is 11.5 Å². The third-order valence-corrected chi connectivity index (χ3v) is 3.40. The second-order valence-corrected chi connectivity index (χ2v) is 5.32. The summed E-state index contributed by atoms with van der Waals surface area (Å²) < 4.78 is 1.80. The summed E-state index contributed by atoms with van der Waals surface area (Å²) in [5, 5.41) is 13.2. The number of rotatable bonds is 5. The highest BCUT2D eigenvalue weighted by molar-refractivity contribution is 7.98. The Morgan fingerprint density at radius 1 is 1.61 bits per heavy atom. The second kappa shape index (κ2) is 5.03. The van der Waals surface area contributed by atoms with Gasteiger partial charge < -0.3 is 20.6 Å². The van der Waals surface area contributed by atoms with Crippen LogP contribution in [0.3, 0.4) is 0 Å². The lowest BCUT2D eigenvalue weighted by Crippen LogP contribution is -2.36. The Morgan fingerprint density at radius 2 is 2.39 bits per heavy atom. The molecule has 2 aromatic heterocycles. The van der Waals surface area contributed by atoms with Gasteiger partial charge in [0, 0.05) is 24.7 Å².